The van der Waals surface area contributed by atoms with Crippen molar-refractivity contribution in [3.8, 4) is 0 Å². The zero-order chi connectivity index (χ0) is 16.7. The Labute approximate surface area is 122 Å². The van der Waals surface area contributed by atoms with Gasteiger partial charge in [-0.2, -0.15) is 13.2 Å². The average molecular weight is 312 g/mol. The monoisotopic (exact) mass is 312 g/mol. The summed E-state index contributed by atoms with van der Waals surface area (Å²) in [5, 5.41) is 12.5. The van der Waals surface area contributed by atoms with Crippen LogP contribution in [0.4, 0.5) is 18.0 Å². The molecule has 3 N–H and O–H groups in total. The van der Waals surface area contributed by atoms with E-state index < -0.39 is 23.7 Å². The maximum atomic E-state index is 12.7. The number of amides is 2. The Bertz CT molecular complexity index is 361. The van der Waals surface area contributed by atoms with Crippen molar-refractivity contribution in [3.63, 3.8) is 0 Å². The Morgan fingerprint density at radius 2 is 1.76 bits per heavy atom. The van der Waals surface area contributed by atoms with E-state index in [4.69, 9.17) is 5.11 Å². The molecule has 0 radical (unpaired) electrons. The molecule has 0 aromatic heterocycles. The fourth-order valence-corrected chi connectivity index (χ4v) is 1.68. The van der Waals surface area contributed by atoms with Crippen LogP contribution in [0.3, 0.4) is 0 Å². The van der Waals surface area contributed by atoms with Crippen LogP contribution in [0.5, 0.6) is 0 Å². The summed E-state index contributed by atoms with van der Waals surface area (Å²) >= 11 is 0. The molecule has 0 bridgehead atoms. The number of carboxylic acid groups (broad SMARTS) is 1. The van der Waals surface area contributed by atoms with Crippen molar-refractivity contribution >= 4 is 12.0 Å². The molecule has 21 heavy (non-hydrogen) atoms. The van der Waals surface area contributed by atoms with Gasteiger partial charge in [0.1, 0.15) is 0 Å². The number of alkyl halides is 3. The molecular weight excluding hydrogens is 289 g/mol. The van der Waals surface area contributed by atoms with Crippen LogP contribution in [0.15, 0.2) is 0 Å². The molecule has 5 nitrogen and oxygen atoms in total. The molecule has 0 aliphatic carbocycles. The lowest BCUT2D eigenvalue weighted by atomic mass is 10.0. The molecule has 0 aromatic carbocycles. The Morgan fingerprint density at radius 3 is 2.19 bits per heavy atom. The van der Waals surface area contributed by atoms with Crippen molar-refractivity contribution in [1.82, 2.24) is 10.6 Å². The number of carboxylic acids is 1. The minimum absolute atomic E-state index is 0.326. The van der Waals surface area contributed by atoms with Crippen LogP contribution in [0, 0.1) is 0 Å². The van der Waals surface area contributed by atoms with Crippen LogP contribution in [0.25, 0.3) is 0 Å². The molecule has 0 spiro atoms. The lowest BCUT2D eigenvalue weighted by molar-refractivity contribution is -0.203. The van der Waals surface area contributed by atoms with Crippen molar-refractivity contribution in [2.45, 2.75) is 70.6 Å². The summed E-state index contributed by atoms with van der Waals surface area (Å²) in [5.74, 6) is -2.15. The van der Waals surface area contributed by atoms with E-state index in [9.17, 15) is 22.8 Å². The average Bonchev–Trinajstić information content (AvgIpc) is 2.32. The smallest absolute Gasteiger partial charge is 0.422 e. The van der Waals surface area contributed by atoms with Crippen LogP contribution in [-0.4, -0.2) is 34.9 Å². The second kappa shape index (κ2) is 8.09. The largest absolute Gasteiger partial charge is 0.479 e. The minimum atomic E-state index is -5.08. The molecule has 0 saturated heterocycles. The summed E-state index contributed by atoms with van der Waals surface area (Å²) in [7, 11) is 0. The molecule has 2 unspecified atom stereocenters. The van der Waals surface area contributed by atoms with E-state index in [-0.39, 0.29) is 6.04 Å². The van der Waals surface area contributed by atoms with Gasteiger partial charge in [-0.25, -0.2) is 9.59 Å². The van der Waals surface area contributed by atoms with Crippen LogP contribution >= 0.6 is 0 Å². The van der Waals surface area contributed by atoms with Gasteiger partial charge in [0.2, 0.25) is 5.54 Å². The maximum absolute atomic E-state index is 12.7. The predicted octanol–water partition coefficient (Wildman–Crippen LogP) is 3.05. The highest BCUT2D eigenvalue weighted by Gasteiger charge is 2.58. The Balaban J connectivity index is 4.43. The number of unbranched alkanes of at least 4 members (excludes halogenated alkanes) is 3. The molecule has 8 heteroatoms. The third-order valence-corrected chi connectivity index (χ3v) is 3.23. The number of urea groups is 1. The third-order valence-electron chi connectivity index (χ3n) is 3.23. The van der Waals surface area contributed by atoms with Gasteiger partial charge in [0.15, 0.2) is 0 Å². The first-order chi connectivity index (χ1) is 9.54. The standard InChI is InChI=1S/C13H23F3N2O3/c1-4-5-6-7-8-9(2)17-11(21)18-12(3,10(19)20)13(14,15)16/h9H,4-8H2,1-3H3,(H,19,20)(H2,17,18,21). The highest BCUT2D eigenvalue weighted by molar-refractivity contribution is 5.86. The van der Waals surface area contributed by atoms with E-state index in [0.29, 0.717) is 13.3 Å². The number of carbonyl (C=O) groups is 2. The topological polar surface area (TPSA) is 78.4 Å². The van der Waals surface area contributed by atoms with Crippen LogP contribution < -0.4 is 10.6 Å². The third kappa shape index (κ3) is 6.22. The fraction of sp³-hybridized carbons (Fsp3) is 0.846. The first-order valence-electron chi connectivity index (χ1n) is 6.93. The van der Waals surface area contributed by atoms with Crippen molar-refractivity contribution in [3.05, 3.63) is 0 Å². The number of rotatable bonds is 8. The molecule has 124 valence electrons. The van der Waals surface area contributed by atoms with Crippen molar-refractivity contribution in [2.75, 3.05) is 0 Å². The Kier molecular flexibility index (Phi) is 7.52. The van der Waals surface area contributed by atoms with Crippen LogP contribution in [-0.2, 0) is 4.79 Å². The summed E-state index contributed by atoms with van der Waals surface area (Å²) in [6.07, 6.45) is -0.497. The van der Waals surface area contributed by atoms with E-state index in [1.807, 2.05) is 0 Å². The number of nitrogens with one attached hydrogen (secondary N) is 2. The normalized spacial score (nSPS) is 15.9. The van der Waals surface area contributed by atoms with E-state index in [1.54, 1.807) is 6.92 Å². The zero-order valence-corrected chi connectivity index (χ0v) is 12.5. The molecule has 0 fully saturated rings. The second-order valence-corrected chi connectivity index (χ2v) is 5.28. The number of aliphatic carboxylic acids is 1. The summed E-state index contributed by atoms with van der Waals surface area (Å²) < 4.78 is 38.2. The fourth-order valence-electron chi connectivity index (χ4n) is 1.68. The van der Waals surface area contributed by atoms with Crippen LogP contribution in [0.2, 0.25) is 0 Å². The SMILES string of the molecule is CCCCCCC(C)NC(=O)NC(C)(C(=O)O)C(F)(F)F. The molecular formula is C13H23F3N2O3. The number of hydrogen-bond donors (Lipinski definition) is 3. The summed E-state index contributed by atoms with van der Waals surface area (Å²) in [5.41, 5.74) is -3.31. The van der Waals surface area contributed by atoms with Gasteiger partial charge in [0.05, 0.1) is 0 Å². The zero-order valence-electron chi connectivity index (χ0n) is 12.5. The summed E-state index contributed by atoms with van der Waals surface area (Å²) in [6, 6.07) is -1.46. The van der Waals surface area contributed by atoms with Gasteiger partial charge in [-0.15, -0.1) is 0 Å². The predicted molar refractivity (Wildman–Crippen MR) is 72.0 cm³/mol. The quantitative estimate of drug-likeness (QED) is 0.603. The number of hydrogen-bond acceptors (Lipinski definition) is 2. The van der Waals surface area contributed by atoms with Crippen molar-refractivity contribution in [1.29, 1.82) is 0 Å². The summed E-state index contributed by atoms with van der Waals surface area (Å²) in [4.78, 5) is 22.3. The number of carbonyl (C=O) groups excluding carboxylic acids is 1. The van der Waals surface area contributed by atoms with Gasteiger partial charge in [0.25, 0.3) is 0 Å². The summed E-state index contributed by atoms with van der Waals surface area (Å²) in [6.45, 7) is 4.14. The molecule has 2 atom stereocenters. The molecule has 0 saturated carbocycles. The maximum Gasteiger partial charge on any atom is 0.422 e. The molecule has 0 rings (SSSR count). The van der Waals surface area contributed by atoms with Gasteiger partial charge in [-0.1, -0.05) is 32.6 Å². The van der Waals surface area contributed by atoms with Gasteiger partial charge in [-0.05, 0) is 20.3 Å². The van der Waals surface area contributed by atoms with Crippen molar-refractivity contribution in [2.24, 2.45) is 0 Å². The molecule has 0 aliphatic rings. The van der Waals surface area contributed by atoms with E-state index in [0.717, 1.165) is 25.7 Å². The molecule has 0 heterocycles. The van der Waals surface area contributed by atoms with Crippen molar-refractivity contribution < 1.29 is 27.9 Å². The lowest BCUT2D eigenvalue weighted by Crippen LogP contribution is -2.64. The van der Waals surface area contributed by atoms with Gasteiger partial charge < -0.3 is 15.7 Å². The Hall–Kier alpha value is -1.47. The van der Waals surface area contributed by atoms with Gasteiger partial charge >= 0.3 is 18.2 Å². The first-order valence-corrected chi connectivity index (χ1v) is 6.93. The van der Waals surface area contributed by atoms with Gasteiger partial charge in [-0.3, -0.25) is 0 Å². The molecule has 0 aromatic rings. The molecule has 0 aliphatic heterocycles. The second-order valence-electron chi connectivity index (χ2n) is 5.28. The highest BCUT2D eigenvalue weighted by atomic mass is 19.4. The van der Waals surface area contributed by atoms with Crippen LogP contribution in [0.1, 0.15) is 52.9 Å². The molecule has 2 amide bonds. The van der Waals surface area contributed by atoms with Gasteiger partial charge in [0, 0.05) is 6.04 Å². The first kappa shape index (κ1) is 19.5. The highest BCUT2D eigenvalue weighted by Crippen LogP contribution is 2.30. The lowest BCUT2D eigenvalue weighted by Gasteiger charge is -2.29. The minimum Gasteiger partial charge on any atom is -0.479 e. The van der Waals surface area contributed by atoms with E-state index in [2.05, 4.69) is 12.2 Å². The van der Waals surface area contributed by atoms with E-state index >= 15 is 0 Å². The van der Waals surface area contributed by atoms with E-state index in [1.165, 1.54) is 5.32 Å². The Morgan fingerprint density at radius 1 is 1.19 bits per heavy atom. The number of halogens is 3.